The molecule has 1 aromatic heterocycles. The molecule has 0 aliphatic rings. The number of nitrogens with one attached hydrogen (secondary N) is 1. The number of nitrogens with zero attached hydrogens (tertiary/aromatic N) is 1. The first kappa shape index (κ1) is 24.2. The van der Waals surface area contributed by atoms with E-state index in [1.165, 1.54) is 23.5 Å². The Morgan fingerprint density at radius 3 is 2.27 bits per heavy atom. The van der Waals surface area contributed by atoms with Crippen LogP contribution in [-0.4, -0.2) is 52.4 Å². The molecular weight excluding hydrogens is 468 g/mol. The van der Waals surface area contributed by atoms with Gasteiger partial charge in [0.1, 0.15) is 0 Å². The van der Waals surface area contributed by atoms with Gasteiger partial charge < -0.3 is 19.9 Å². The number of ether oxygens (including phenoxy) is 2. The number of aromatic carboxylic acids is 1. The van der Waals surface area contributed by atoms with E-state index in [0.29, 0.717) is 20.2 Å². The maximum absolute atomic E-state index is 12.6. The molecule has 0 bridgehead atoms. The van der Waals surface area contributed by atoms with E-state index in [2.05, 4.69) is 10.3 Å². The van der Waals surface area contributed by atoms with Crippen LogP contribution in [0.2, 0.25) is 0 Å². The number of carbonyl (C=O) groups excluding carboxylic acids is 3. The first-order valence-electron chi connectivity index (χ1n) is 9.88. The third kappa shape index (κ3) is 5.88. The minimum atomic E-state index is -1.20. The summed E-state index contributed by atoms with van der Waals surface area (Å²) < 4.78 is 11.1. The number of carboxylic acids is 1. The molecule has 0 saturated heterocycles. The van der Waals surface area contributed by atoms with Gasteiger partial charge in [0.15, 0.2) is 4.34 Å². The maximum Gasteiger partial charge on any atom is 0.336 e. The highest BCUT2D eigenvalue weighted by molar-refractivity contribution is 8.03. The van der Waals surface area contributed by atoms with Crippen LogP contribution in [0, 0.1) is 0 Å². The lowest BCUT2D eigenvalue weighted by molar-refractivity contribution is -0.152. The van der Waals surface area contributed by atoms with Crippen LogP contribution < -0.4 is 5.32 Å². The van der Waals surface area contributed by atoms with Crippen molar-refractivity contribution >= 4 is 62.8 Å². The molecule has 3 rings (SSSR count). The zero-order valence-electron chi connectivity index (χ0n) is 17.7. The number of fused-ring (bicyclic) bond motifs is 1. The molecule has 2 aromatic carbocycles. The van der Waals surface area contributed by atoms with Gasteiger partial charge in [-0.05, 0) is 44.2 Å². The molecule has 33 heavy (non-hydrogen) atoms. The second-order valence-electron chi connectivity index (χ2n) is 6.47. The van der Waals surface area contributed by atoms with E-state index in [0.717, 1.165) is 11.8 Å². The van der Waals surface area contributed by atoms with Crippen molar-refractivity contribution in [2.75, 3.05) is 18.5 Å². The minimum absolute atomic E-state index is 0.0392. The summed E-state index contributed by atoms with van der Waals surface area (Å²) in [6, 6.07) is 10.9. The number of aromatic nitrogens is 1. The largest absolute Gasteiger partial charge is 0.478 e. The van der Waals surface area contributed by atoms with E-state index in [9.17, 15) is 24.3 Å². The Morgan fingerprint density at radius 1 is 1.03 bits per heavy atom. The lowest BCUT2D eigenvalue weighted by Crippen LogP contribution is -2.30. The van der Waals surface area contributed by atoms with Crippen LogP contribution in [0.3, 0.4) is 0 Å². The minimum Gasteiger partial charge on any atom is -0.478 e. The van der Waals surface area contributed by atoms with Gasteiger partial charge >= 0.3 is 17.9 Å². The van der Waals surface area contributed by atoms with Crippen molar-refractivity contribution in [2.24, 2.45) is 0 Å². The highest BCUT2D eigenvalue weighted by atomic mass is 32.2. The summed E-state index contributed by atoms with van der Waals surface area (Å²) in [5, 5.41) is 10.8. The normalized spacial score (nSPS) is 10.8. The van der Waals surface area contributed by atoms with Crippen molar-refractivity contribution in [3.05, 3.63) is 53.6 Å². The summed E-state index contributed by atoms with van der Waals surface area (Å²) >= 11 is 2.17. The molecule has 1 amide bonds. The quantitative estimate of drug-likeness (QED) is 0.262. The van der Waals surface area contributed by atoms with Crippen molar-refractivity contribution in [1.82, 2.24) is 4.98 Å². The van der Waals surface area contributed by atoms with Gasteiger partial charge in [-0.1, -0.05) is 23.9 Å². The predicted molar refractivity (Wildman–Crippen MR) is 124 cm³/mol. The molecule has 0 unspecified atom stereocenters. The molecule has 0 radical (unpaired) electrons. The van der Waals surface area contributed by atoms with Crippen LogP contribution in [0.4, 0.5) is 5.69 Å². The smallest absolute Gasteiger partial charge is 0.336 e. The van der Waals surface area contributed by atoms with Crippen molar-refractivity contribution < 1.29 is 33.8 Å². The summed E-state index contributed by atoms with van der Waals surface area (Å²) in [5.74, 6) is -3.16. The molecule has 0 aliphatic heterocycles. The predicted octanol–water partition coefficient (Wildman–Crippen LogP) is 3.83. The molecule has 0 saturated carbocycles. The number of thioether (sulfide) groups is 1. The number of carboxylic acid groups (broad SMARTS) is 1. The highest BCUT2D eigenvalue weighted by Gasteiger charge is 2.32. The molecule has 0 aliphatic carbocycles. The average Bonchev–Trinajstić information content (AvgIpc) is 3.19. The first-order valence-corrected chi connectivity index (χ1v) is 11.6. The summed E-state index contributed by atoms with van der Waals surface area (Å²) in [7, 11) is 0. The molecule has 0 fully saturated rings. The third-order valence-electron chi connectivity index (χ3n) is 4.25. The Hall–Kier alpha value is -3.44. The Labute approximate surface area is 197 Å². The molecule has 11 heteroatoms. The number of carbonyl (C=O) groups is 4. The second kappa shape index (κ2) is 10.9. The van der Waals surface area contributed by atoms with Gasteiger partial charge in [-0.15, -0.1) is 11.3 Å². The fraction of sp³-hybridized carbons (Fsp3) is 0.227. The van der Waals surface area contributed by atoms with Gasteiger partial charge in [0.05, 0.1) is 34.6 Å². The number of hydrogen-bond donors (Lipinski definition) is 2. The van der Waals surface area contributed by atoms with Gasteiger partial charge in [0, 0.05) is 5.69 Å². The van der Waals surface area contributed by atoms with Crippen molar-refractivity contribution in [3.8, 4) is 0 Å². The van der Waals surface area contributed by atoms with Crippen LogP contribution in [-0.2, 0) is 19.1 Å². The topological polar surface area (TPSA) is 132 Å². The van der Waals surface area contributed by atoms with Crippen molar-refractivity contribution in [1.29, 1.82) is 0 Å². The fourth-order valence-corrected chi connectivity index (χ4v) is 4.99. The number of anilines is 1. The summed E-state index contributed by atoms with van der Waals surface area (Å²) in [4.78, 5) is 52.8. The molecule has 0 spiro atoms. The Bertz CT molecular complexity index is 1190. The van der Waals surface area contributed by atoms with Gasteiger partial charge in [0.25, 0.3) is 5.91 Å². The fourth-order valence-electron chi connectivity index (χ4n) is 2.83. The molecule has 0 atom stereocenters. The lowest BCUT2D eigenvalue weighted by atomic mass is 10.1. The number of rotatable bonds is 9. The van der Waals surface area contributed by atoms with Crippen LogP contribution in [0.5, 0.6) is 0 Å². The molecule has 1 heterocycles. The number of thiazole rings is 1. The zero-order valence-corrected chi connectivity index (χ0v) is 19.3. The van der Waals surface area contributed by atoms with E-state index < -0.39 is 29.1 Å². The Morgan fingerprint density at radius 2 is 1.67 bits per heavy atom. The molecule has 3 aromatic rings. The van der Waals surface area contributed by atoms with Gasteiger partial charge in [-0.3, -0.25) is 14.4 Å². The second-order valence-corrected chi connectivity index (χ2v) is 8.85. The monoisotopic (exact) mass is 488 g/mol. The number of benzene rings is 2. The van der Waals surface area contributed by atoms with Crippen LogP contribution >= 0.6 is 23.1 Å². The Kier molecular flexibility index (Phi) is 8.01. The maximum atomic E-state index is 12.6. The lowest BCUT2D eigenvalue weighted by Gasteiger charge is -2.12. The Balaban J connectivity index is 1.81. The average molecular weight is 489 g/mol. The number of amides is 1. The van der Waals surface area contributed by atoms with Crippen molar-refractivity contribution in [3.63, 3.8) is 0 Å². The van der Waals surface area contributed by atoms with E-state index >= 15 is 0 Å². The first-order chi connectivity index (χ1) is 15.8. The zero-order chi connectivity index (χ0) is 24.0. The van der Waals surface area contributed by atoms with E-state index in [1.807, 2.05) is 0 Å². The SMILES string of the molecule is CCOC(=O)C(Sc1nc2ccc(NC(=O)c3ccccc3C(=O)O)cc2s1)C(=O)OCC. The molecular formula is C22H20N2O7S2. The van der Waals surface area contributed by atoms with E-state index in [1.54, 1.807) is 44.2 Å². The van der Waals surface area contributed by atoms with E-state index in [4.69, 9.17) is 9.47 Å². The van der Waals surface area contributed by atoms with Gasteiger partial charge in [-0.25, -0.2) is 9.78 Å². The van der Waals surface area contributed by atoms with Gasteiger partial charge in [-0.2, -0.15) is 0 Å². The highest BCUT2D eigenvalue weighted by Crippen LogP contribution is 2.34. The van der Waals surface area contributed by atoms with Gasteiger partial charge in [0.2, 0.25) is 5.25 Å². The molecule has 9 nitrogen and oxygen atoms in total. The van der Waals surface area contributed by atoms with Crippen LogP contribution in [0.25, 0.3) is 10.2 Å². The standard InChI is InChI=1S/C22H20N2O7S2/c1-3-30-20(28)17(21(29)31-4-2)33-22-24-15-10-9-12(11-16(15)32-22)23-18(25)13-7-5-6-8-14(13)19(26)27/h5-11,17H,3-4H2,1-2H3,(H,23,25)(H,26,27). The number of esters is 2. The summed E-state index contributed by atoms with van der Waals surface area (Å²) in [5.41, 5.74) is 0.993. The molecule has 2 N–H and O–H groups in total. The third-order valence-corrected chi connectivity index (χ3v) is 6.51. The van der Waals surface area contributed by atoms with Crippen LogP contribution in [0.1, 0.15) is 34.6 Å². The van der Waals surface area contributed by atoms with Crippen molar-refractivity contribution in [2.45, 2.75) is 23.4 Å². The van der Waals surface area contributed by atoms with Crippen LogP contribution in [0.15, 0.2) is 46.8 Å². The molecule has 172 valence electrons. The summed E-state index contributed by atoms with van der Waals surface area (Å²) in [6.07, 6.45) is 0. The number of hydrogen-bond acceptors (Lipinski definition) is 9. The summed E-state index contributed by atoms with van der Waals surface area (Å²) in [6.45, 7) is 3.55. The van der Waals surface area contributed by atoms with E-state index in [-0.39, 0.29) is 24.3 Å².